The molecular formula is C18H27FN2O. The molecule has 2 atom stereocenters. The smallest absolute Gasteiger partial charge is 0.216 e. The van der Waals surface area contributed by atoms with E-state index >= 15 is 0 Å². The summed E-state index contributed by atoms with van der Waals surface area (Å²) in [7, 11) is 0. The number of aryl methyl sites for hydroxylation is 1. The monoisotopic (exact) mass is 306 g/mol. The molecule has 122 valence electrons. The molecule has 0 radical (unpaired) electrons. The molecule has 1 aliphatic rings. The molecule has 1 aliphatic heterocycles. The second-order valence-electron chi connectivity index (χ2n) is 6.46. The minimum absolute atomic E-state index is 0.0521. The molecular weight excluding hydrogens is 279 g/mol. The van der Waals surface area contributed by atoms with E-state index in [0.29, 0.717) is 12.0 Å². The molecule has 1 aromatic rings. The Kier molecular flexibility index (Phi) is 6.37. The van der Waals surface area contributed by atoms with Crippen LogP contribution in [0.1, 0.15) is 38.7 Å². The Labute approximate surface area is 132 Å². The molecule has 2 rings (SSSR count). The molecule has 1 N–H and O–H groups in total. The number of benzene rings is 1. The Bertz CT molecular complexity index is 492. The Hall–Kier alpha value is -1.42. The quantitative estimate of drug-likeness (QED) is 0.876. The Balaban J connectivity index is 1.78. The second-order valence-corrected chi connectivity index (χ2v) is 6.46. The van der Waals surface area contributed by atoms with Crippen LogP contribution in [0.4, 0.5) is 4.39 Å². The van der Waals surface area contributed by atoms with Gasteiger partial charge in [0.05, 0.1) is 0 Å². The highest BCUT2D eigenvalue weighted by Gasteiger charge is 2.23. The van der Waals surface area contributed by atoms with Gasteiger partial charge >= 0.3 is 0 Å². The number of rotatable bonds is 6. The first-order valence-electron chi connectivity index (χ1n) is 8.27. The number of hydrogen-bond donors (Lipinski definition) is 1. The number of nitrogens with one attached hydrogen (secondary N) is 1. The maximum atomic E-state index is 13.2. The van der Waals surface area contributed by atoms with Gasteiger partial charge in [0.15, 0.2) is 0 Å². The Morgan fingerprint density at radius 3 is 3.05 bits per heavy atom. The molecule has 1 aromatic carbocycles. The van der Waals surface area contributed by atoms with Crippen LogP contribution in [0, 0.1) is 11.7 Å². The van der Waals surface area contributed by atoms with Crippen molar-refractivity contribution in [2.45, 2.75) is 45.6 Å². The van der Waals surface area contributed by atoms with Gasteiger partial charge in [0.25, 0.3) is 0 Å². The number of hydrogen-bond acceptors (Lipinski definition) is 2. The fourth-order valence-corrected chi connectivity index (χ4v) is 3.20. The van der Waals surface area contributed by atoms with Crippen molar-refractivity contribution in [3.63, 3.8) is 0 Å². The molecule has 22 heavy (non-hydrogen) atoms. The van der Waals surface area contributed by atoms with Crippen molar-refractivity contribution in [1.82, 2.24) is 10.2 Å². The summed E-state index contributed by atoms with van der Waals surface area (Å²) in [6.07, 6.45) is 4.32. The lowest BCUT2D eigenvalue weighted by Crippen LogP contribution is -2.44. The van der Waals surface area contributed by atoms with Crippen LogP contribution in [0.15, 0.2) is 24.3 Å². The fraction of sp³-hybridized carbons (Fsp3) is 0.611. The summed E-state index contributed by atoms with van der Waals surface area (Å²) < 4.78 is 13.2. The molecule has 3 nitrogen and oxygen atoms in total. The third-order valence-electron chi connectivity index (χ3n) is 4.55. The molecule has 4 heteroatoms. The summed E-state index contributed by atoms with van der Waals surface area (Å²) >= 11 is 0. The number of carbonyl (C=O) groups excluding carboxylic acids is 1. The molecule has 0 bridgehead atoms. The van der Waals surface area contributed by atoms with Gasteiger partial charge in [0.1, 0.15) is 5.82 Å². The molecule has 0 saturated carbocycles. The van der Waals surface area contributed by atoms with Crippen molar-refractivity contribution in [3.05, 3.63) is 35.6 Å². The van der Waals surface area contributed by atoms with Gasteiger partial charge in [-0.1, -0.05) is 12.1 Å². The van der Waals surface area contributed by atoms with Gasteiger partial charge in [-0.15, -0.1) is 0 Å². The summed E-state index contributed by atoms with van der Waals surface area (Å²) in [6.45, 7) is 6.77. The van der Waals surface area contributed by atoms with Gasteiger partial charge in [-0.2, -0.15) is 0 Å². The van der Waals surface area contributed by atoms with E-state index in [1.54, 1.807) is 19.1 Å². The minimum Gasteiger partial charge on any atom is -0.356 e. The van der Waals surface area contributed by atoms with Crippen molar-refractivity contribution in [2.75, 3.05) is 19.6 Å². The van der Waals surface area contributed by atoms with Gasteiger partial charge in [0, 0.05) is 26.1 Å². The second kappa shape index (κ2) is 8.28. The van der Waals surface area contributed by atoms with E-state index in [-0.39, 0.29) is 11.7 Å². The summed E-state index contributed by atoms with van der Waals surface area (Å²) in [6, 6.07) is 7.38. The molecule has 1 fully saturated rings. The molecule has 1 amide bonds. The molecule has 1 saturated heterocycles. The van der Waals surface area contributed by atoms with Gasteiger partial charge in [-0.25, -0.2) is 4.39 Å². The zero-order valence-corrected chi connectivity index (χ0v) is 13.6. The summed E-state index contributed by atoms with van der Waals surface area (Å²) in [5.74, 6) is 0.448. The van der Waals surface area contributed by atoms with E-state index in [9.17, 15) is 9.18 Å². The van der Waals surface area contributed by atoms with E-state index in [4.69, 9.17) is 0 Å². The van der Waals surface area contributed by atoms with Crippen molar-refractivity contribution in [1.29, 1.82) is 0 Å². The number of likely N-dealkylation sites (tertiary alicyclic amines) is 1. The number of halogens is 1. The van der Waals surface area contributed by atoms with Crippen LogP contribution in [0.5, 0.6) is 0 Å². The summed E-state index contributed by atoms with van der Waals surface area (Å²) in [4.78, 5) is 13.5. The predicted octanol–water partition coefficient (Wildman–Crippen LogP) is 2.99. The molecule has 1 heterocycles. The number of amides is 1. The van der Waals surface area contributed by atoms with Crippen LogP contribution in [-0.4, -0.2) is 36.5 Å². The highest BCUT2D eigenvalue weighted by atomic mass is 19.1. The zero-order valence-electron chi connectivity index (χ0n) is 13.6. The predicted molar refractivity (Wildman–Crippen MR) is 87.2 cm³/mol. The average molecular weight is 306 g/mol. The van der Waals surface area contributed by atoms with Crippen LogP contribution in [-0.2, 0) is 11.2 Å². The van der Waals surface area contributed by atoms with Gasteiger partial charge in [0.2, 0.25) is 5.91 Å². The molecule has 2 unspecified atom stereocenters. The lowest BCUT2D eigenvalue weighted by Gasteiger charge is -2.37. The Morgan fingerprint density at radius 1 is 1.50 bits per heavy atom. The number of piperidine rings is 1. The lowest BCUT2D eigenvalue weighted by atomic mass is 9.95. The van der Waals surface area contributed by atoms with Crippen LogP contribution in [0.2, 0.25) is 0 Å². The highest BCUT2D eigenvalue weighted by molar-refractivity contribution is 5.72. The third-order valence-corrected chi connectivity index (χ3v) is 4.55. The molecule has 0 spiro atoms. The van der Waals surface area contributed by atoms with Crippen molar-refractivity contribution >= 4 is 5.91 Å². The van der Waals surface area contributed by atoms with E-state index in [0.717, 1.165) is 38.0 Å². The van der Waals surface area contributed by atoms with E-state index < -0.39 is 0 Å². The first-order chi connectivity index (χ1) is 10.5. The highest BCUT2D eigenvalue weighted by Crippen LogP contribution is 2.20. The maximum Gasteiger partial charge on any atom is 0.216 e. The van der Waals surface area contributed by atoms with Gasteiger partial charge < -0.3 is 10.2 Å². The molecule has 0 aromatic heterocycles. The largest absolute Gasteiger partial charge is 0.356 e. The summed E-state index contributed by atoms with van der Waals surface area (Å²) in [5.41, 5.74) is 1.07. The molecule has 0 aliphatic carbocycles. The first kappa shape index (κ1) is 16.9. The van der Waals surface area contributed by atoms with Crippen molar-refractivity contribution in [2.24, 2.45) is 5.92 Å². The third kappa shape index (κ3) is 5.41. The number of nitrogens with zero attached hydrogens (tertiary/aromatic N) is 1. The van der Waals surface area contributed by atoms with E-state index in [1.165, 1.54) is 18.9 Å². The SMILES string of the molecule is CC(=O)NCC1CCCN(C(C)CCc2cccc(F)c2)C1. The minimum atomic E-state index is -0.154. The van der Waals surface area contributed by atoms with E-state index in [1.807, 2.05) is 6.07 Å². The Morgan fingerprint density at radius 2 is 2.32 bits per heavy atom. The average Bonchev–Trinajstić information content (AvgIpc) is 2.51. The fourth-order valence-electron chi connectivity index (χ4n) is 3.20. The van der Waals surface area contributed by atoms with Crippen molar-refractivity contribution in [3.8, 4) is 0 Å². The topological polar surface area (TPSA) is 32.3 Å². The first-order valence-corrected chi connectivity index (χ1v) is 8.27. The van der Waals surface area contributed by atoms with E-state index in [2.05, 4.69) is 17.1 Å². The van der Waals surface area contributed by atoms with Crippen LogP contribution < -0.4 is 5.32 Å². The van der Waals surface area contributed by atoms with Crippen molar-refractivity contribution < 1.29 is 9.18 Å². The van der Waals surface area contributed by atoms with Crippen LogP contribution in [0.25, 0.3) is 0 Å². The van der Waals surface area contributed by atoms with Gasteiger partial charge in [-0.3, -0.25) is 4.79 Å². The van der Waals surface area contributed by atoms with Crippen LogP contribution >= 0.6 is 0 Å². The lowest BCUT2D eigenvalue weighted by molar-refractivity contribution is -0.119. The normalized spacial score (nSPS) is 20.6. The number of carbonyl (C=O) groups is 1. The summed E-state index contributed by atoms with van der Waals surface area (Å²) in [5, 5.41) is 2.93. The maximum absolute atomic E-state index is 13.2. The van der Waals surface area contributed by atoms with Gasteiger partial charge in [-0.05, 0) is 62.8 Å². The van der Waals surface area contributed by atoms with Crippen LogP contribution in [0.3, 0.4) is 0 Å². The zero-order chi connectivity index (χ0) is 15.9. The standard InChI is InChI=1S/C18H27FN2O/c1-14(8-9-16-5-3-7-18(19)11-16)21-10-4-6-17(13-21)12-20-15(2)22/h3,5,7,11,14,17H,4,6,8-10,12-13H2,1-2H3,(H,20,22).